The third-order valence-corrected chi connectivity index (χ3v) is 4.81. The van der Waals surface area contributed by atoms with Gasteiger partial charge >= 0.3 is 0 Å². The van der Waals surface area contributed by atoms with Crippen molar-refractivity contribution in [2.75, 3.05) is 13.2 Å². The summed E-state index contributed by atoms with van der Waals surface area (Å²) in [6.07, 6.45) is 15.7. The molecule has 1 heterocycles. The Morgan fingerprint density at radius 2 is 1.77 bits per heavy atom. The van der Waals surface area contributed by atoms with Gasteiger partial charge in [0, 0.05) is 6.61 Å². The van der Waals surface area contributed by atoms with Gasteiger partial charge in [0.2, 0.25) is 0 Å². The highest BCUT2D eigenvalue weighted by molar-refractivity contribution is 5.04. The number of ether oxygens (including phenoxy) is 2. The van der Waals surface area contributed by atoms with Gasteiger partial charge < -0.3 is 14.6 Å². The topological polar surface area (TPSA) is 38.7 Å². The van der Waals surface area contributed by atoms with Crippen LogP contribution in [0, 0.1) is 0 Å². The van der Waals surface area contributed by atoms with Crippen molar-refractivity contribution in [3.8, 4) is 0 Å². The molecule has 3 nitrogen and oxygen atoms in total. The molecule has 0 spiro atoms. The Kier molecular flexibility index (Phi) is 12.6. The first-order valence-electron chi connectivity index (χ1n) is 10.3. The normalized spacial score (nSPS) is 20.1. The molecule has 0 aromatic carbocycles. The zero-order valence-electron chi connectivity index (χ0n) is 17.4. The molecule has 2 unspecified atom stereocenters. The maximum atomic E-state index is 10.0. The summed E-state index contributed by atoms with van der Waals surface area (Å²) in [5.41, 5.74) is 4.07. The number of hydrogen-bond acceptors (Lipinski definition) is 3. The molecule has 1 N–H and O–H groups in total. The summed E-state index contributed by atoms with van der Waals surface area (Å²) in [6, 6.07) is 0. The van der Waals surface area contributed by atoms with Crippen LogP contribution < -0.4 is 0 Å². The minimum Gasteiger partial charge on any atom is -0.393 e. The molecule has 1 aliphatic heterocycles. The van der Waals surface area contributed by atoms with Crippen molar-refractivity contribution in [1.82, 2.24) is 0 Å². The Balaban J connectivity index is 2.12. The Morgan fingerprint density at radius 3 is 2.46 bits per heavy atom. The van der Waals surface area contributed by atoms with Crippen LogP contribution in [-0.2, 0) is 9.47 Å². The molecule has 1 aliphatic rings. The van der Waals surface area contributed by atoms with E-state index >= 15 is 0 Å². The van der Waals surface area contributed by atoms with E-state index in [1.54, 1.807) is 0 Å². The van der Waals surface area contributed by atoms with E-state index in [9.17, 15) is 5.11 Å². The fourth-order valence-electron chi connectivity index (χ4n) is 2.99. The lowest BCUT2D eigenvalue weighted by Gasteiger charge is -2.22. The highest BCUT2D eigenvalue weighted by Gasteiger charge is 2.12. The molecule has 0 amide bonds. The van der Waals surface area contributed by atoms with Crippen molar-refractivity contribution in [2.24, 2.45) is 0 Å². The number of aliphatic hydroxyl groups excluding tert-OH is 1. The van der Waals surface area contributed by atoms with Gasteiger partial charge in [0.15, 0.2) is 6.29 Å². The summed E-state index contributed by atoms with van der Waals surface area (Å²) in [7, 11) is 0. The van der Waals surface area contributed by atoms with E-state index in [4.69, 9.17) is 9.47 Å². The zero-order valence-corrected chi connectivity index (χ0v) is 17.4. The molecule has 0 radical (unpaired) electrons. The highest BCUT2D eigenvalue weighted by atomic mass is 16.7. The van der Waals surface area contributed by atoms with E-state index in [-0.39, 0.29) is 12.4 Å². The predicted octanol–water partition coefficient (Wildman–Crippen LogP) is 6.09. The monoisotopic (exact) mass is 364 g/mol. The number of rotatable bonds is 12. The molecule has 0 aliphatic carbocycles. The molecule has 0 bridgehead atoms. The molecule has 150 valence electrons. The van der Waals surface area contributed by atoms with E-state index in [1.807, 2.05) is 0 Å². The lowest BCUT2D eigenvalue weighted by Crippen LogP contribution is -2.22. The van der Waals surface area contributed by atoms with E-state index < -0.39 is 0 Å². The Bertz CT molecular complexity index is 452. The van der Waals surface area contributed by atoms with Gasteiger partial charge in [-0.15, -0.1) is 0 Å². The third kappa shape index (κ3) is 12.5. The fraction of sp³-hybridized carbons (Fsp3) is 0.739. The standard InChI is InChI=1S/C23H40O3/c1-19(2)9-7-12-22(24)15-14-20(3)10-8-11-21(4)16-18-26-23-13-5-6-17-25-23/h9-10,16,22-24H,5-8,11-15,17-18H2,1-4H3. The lowest BCUT2D eigenvalue weighted by atomic mass is 10.0. The van der Waals surface area contributed by atoms with Crippen LogP contribution in [-0.4, -0.2) is 30.7 Å². The SMILES string of the molecule is CC(C)=CCCC(O)CCC(C)=CCCC(C)=CCOC1CCCCO1. The summed E-state index contributed by atoms with van der Waals surface area (Å²) >= 11 is 0. The zero-order chi connectivity index (χ0) is 19.2. The van der Waals surface area contributed by atoms with Crippen LogP contribution in [0.2, 0.25) is 0 Å². The molecule has 1 fully saturated rings. The molecule has 0 saturated carbocycles. The van der Waals surface area contributed by atoms with Gasteiger partial charge in [-0.25, -0.2) is 0 Å². The van der Waals surface area contributed by atoms with Crippen LogP contribution >= 0.6 is 0 Å². The van der Waals surface area contributed by atoms with E-state index in [0.717, 1.165) is 58.0 Å². The molecule has 0 aromatic heterocycles. The predicted molar refractivity (Wildman–Crippen MR) is 110 cm³/mol. The van der Waals surface area contributed by atoms with Crippen molar-refractivity contribution in [3.05, 3.63) is 34.9 Å². The number of aliphatic hydroxyl groups is 1. The number of allylic oxidation sites excluding steroid dienone is 5. The summed E-state index contributed by atoms with van der Waals surface area (Å²) < 4.78 is 11.3. The van der Waals surface area contributed by atoms with Crippen LogP contribution in [0.1, 0.15) is 85.5 Å². The summed E-state index contributed by atoms with van der Waals surface area (Å²) in [6.45, 7) is 10.0. The summed E-state index contributed by atoms with van der Waals surface area (Å²) in [5, 5.41) is 10.0. The van der Waals surface area contributed by atoms with Crippen LogP contribution in [0.25, 0.3) is 0 Å². The largest absolute Gasteiger partial charge is 0.393 e. The van der Waals surface area contributed by atoms with Crippen molar-refractivity contribution in [2.45, 2.75) is 97.9 Å². The van der Waals surface area contributed by atoms with E-state index in [1.165, 1.54) is 23.1 Å². The minimum atomic E-state index is -0.185. The smallest absolute Gasteiger partial charge is 0.157 e. The Morgan fingerprint density at radius 1 is 1.00 bits per heavy atom. The number of hydrogen-bond donors (Lipinski definition) is 1. The van der Waals surface area contributed by atoms with Gasteiger partial charge in [-0.2, -0.15) is 0 Å². The van der Waals surface area contributed by atoms with Gasteiger partial charge in [0.25, 0.3) is 0 Å². The second kappa shape index (κ2) is 14.2. The fourth-order valence-corrected chi connectivity index (χ4v) is 2.99. The van der Waals surface area contributed by atoms with Gasteiger partial charge in [-0.05, 0) is 85.5 Å². The summed E-state index contributed by atoms with van der Waals surface area (Å²) in [4.78, 5) is 0. The highest BCUT2D eigenvalue weighted by Crippen LogP contribution is 2.15. The summed E-state index contributed by atoms with van der Waals surface area (Å²) in [5.74, 6) is 0. The molecule has 2 atom stereocenters. The molecule has 1 rings (SSSR count). The van der Waals surface area contributed by atoms with E-state index in [0.29, 0.717) is 6.61 Å². The van der Waals surface area contributed by atoms with Crippen molar-refractivity contribution >= 4 is 0 Å². The molecular formula is C23H40O3. The Labute approximate surface area is 161 Å². The average molecular weight is 365 g/mol. The molecular weight excluding hydrogens is 324 g/mol. The molecule has 0 aromatic rings. The van der Waals surface area contributed by atoms with Crippen molar-refractivity contribution in [3.63, 3.8) is 0 Å². The van der Waals surface area contributed by atoms with Crippen molar-refractivity contribution in [1.29, 1.82) is 0 Å². The van der Waals surface area contributed by atoms with Crippen LogP contribution in [0.15, 0.2) is 34.9 Å². The average Bonchev–Trinajstić information content (AvgIpc) is 2.60. The quantitative estimate of drug-likeness (QED) is 0.426. The van der Waals surface area contributed by atoms with Gasteiger partial charge in [0.05, 0.1) is 12.7 Å². The second-order valence-electron chi connectivity index (χ2n) is 7.82. The van der Waals surface area contributed by atoms with Crippen LogP contribution in [0.5, 0.6) is 0 Å². The maximum Gasteiger partial charge on any atom is 0.157 e. The first-order chi connectivity index (χ1) is 12.5. The first kappa shape index (κ1) is 23.1. The van der Waals surface area contributed by atoms with Gasteiger partial charge in [-0.1, -0.05) is 34.9 Å². The van der Waals surface area contributed by atoms with Gasteiger partial charge in [-0.3, -0.25) is 0 Å². The Hall–Kier alpha value is -0.900. The molecule has 1 saturated heterocycles. The van der Waals surface area contributed by atoms with Crippen LogP contribution in [0.4, 0.5) is 0 Å². The molecule has 26 heavy (non-hydrogen) atoms. The van der Waals surface area contributed by atoms with Crippen molar-refractivity contribution < 1.29 is 14.6 Å². The maximum absolute atomic E-state index is 10.0. The second-order valence-corrected chi connectivity index (χ2v) is 7.82. The van der Waals surface area contributed by atoms with E-state index in [2.05, 4.69) is 45.9 Å². The van der Waals surface area contributed by atoms with Gasteiger partial charge in [0.1, 0.15) is 0 Å². The van der Waals surface area contributed by atoms with Crippen LogP contribution in [0.3, 0.4) is 0 Å². The third-order valence-electron chi connectivity index (χ3n) is 4.81. The molecule has 3 heteroatoms. The lowest BCUT2D eigenvalue weighted by molar-refractivity contribution is -0.155. The minimum absolute atomic E-state index is 0.00176. The first-order valence-corrected chi connectivity index (χ1v) is 10.3.